The summed E-state index contributed by atoms with van der Waals surface area (Å²) in [5, 5.41) is 20.7. The van der Waals surface area contributed by atoms with E-state index in [1.807, 2.05) is 0 Å². The lowest BCUT2D eigenvalue weighted by Crippen LogP contribution is -2.53. The molecule has 0 bridgehead atoms. The van der Waals surface area contributed by atoms with Crippen LogP contribution in [0.2, 0.25) is 0 Å². The van der Waals surface area contributed by atoms with Crippen LogP contribution in [-0.2, 0) is 25.7 Å². The van der Waals surface area contributed by atoms with E-state index in [-0.39, 0.29) is 23.9 Å². The molecule has 1 fully saturated rings. The molecule has 28 heavy (non-hydrogen) atoms. The molecule has 148 valence electrons. The van der Waals surface area contributed by atoms with Gasteiger partial charge in [-0.2, -0.15) is 10.2 Å². The van der Waals surface area contributed by atoms with Gasteiger partial charge in [0, 0.05) is 34.6 Å². The molecule has 8 heteroatoms. The van der Waals surface area contributed by atoms with Gasteiger partial charge in [-0.3, -0.25) is 19.8 Å². The summed E-state index contributed by atoms with van der Waals surface area (Å²) in [6.07, 6.45) is 9.70. The molecule has 2 heterocycles. The lowest BCUT2D eigenvalue weighted by molar-refractivity contribution is 0.0856. The molecular formula is C20H26N6O2. The molecule has 4 N–H and O–H groups in total. The highest BCUT2D eigenvalue weighted by molar-refractivity contribution is 5.95. The van der Waals surface area contributed by atoms with Gasteiger partial charge in [0.15, 0.2) is 11.4 Å². The number of rotatable bonds is 4. The Hall–Kier alpha value is -2.64. The highest BCUT2D eigenvalue weighted by Crippen LogP contribution is 2.25. The molecule has 3 aliphatic rings. The minimum absolute atomic E-state index is 0.0778. The zero-order valence-electron chi connectivity index (χ0n) is 15.9. The largest absolute Gasteiger partial charge is 0.346 e. The second-order valence-corrected chi connectivity index (χ2v) is 8.21. The summed E-state index contributed by atoms with van der Waals surface area (Å²) in [4.78, 5) is 25.6. The average Bonchev–Trinajstić information content (AvgIpc) is 3.44. The van der Waals surface area contributed by atoms with Crippen LogP contribution < -0.4 is 10.6 Å². The van der Waals surface area contributed by atoms with Gasteiger partial charge >= 0.3 is 0 Å². The van der Waals surface area contributed by atoms with Gasteiger partial charge in [0.05, 0.1) is 0 Å². The first-order valence-corrected chi connectivity index (χ1v) is 10.4. The third-order valence-corrected chi connectivity index (χ3v) is 6.44. The maximum Gasteiger partial charge on any atom is 0.272 e. The molecule has 0 spiro atoms. The number of H-pyrrole nitrogens is 2. The van der Waals surface area contributed by atoms with E-state index in [1.165, 1.54) is 0 Å². The molecule has 5 rings (SSSR count). The van der Waals surface area contributed by atoms with Crippen LogP contribution in [0.25, 0.3) is 0 Å². The number of hydrogen-bond donors (Lipinski definition) is 4. The number of amides is 2. The maximum absolute atomic E-state index is 12.8. The molecule has 0 aromatic carbocycles. The lowest BCUT2D eigenvalue weighted by atomic mass is 9.90. The third kappa shape index (κ3) is 3.00. The topological polar surface area (TPSA) is 116 Å². The van der Waals surface area contributed by atoms with Crippen LogP contribution in [0.1, 0.15) is 82.0 Å². The SMILES string of the molecule is O=C(N[C@H]1CCCC[C@@H]1NC(=O)c1n[nH]c2c1CCC2)c1n[nH]c2c1CCC2. The normalized spacial score (nSPS) is 23.3. The van der Waals surface area contributed by atoms with Crippen molar-refractivity contribution in [1.29, 1.82) is 0 Å². The van der Waals surface area contributed by atoms with Crippen LogP contribution >= 0.6 is 0 Å². The van der Waals surface area contributed by atoms with Crippen LogP contribution in [0.4, 0.5) is 0 Å². The van der Waals surface area contributed by atoms with E-state index in [4.69, 9.17) is 0 Å². The highest BCUT2D eigenvalue weighted by atomic mass is 16.2. The standard InChI is InChI=1S/C20H26N6O2/c27-19(17-11-5-3-9-13(11)23-25-17)21-15-7-1-2-8-16(15)22-20(28)18-12-6-4-10-14(12)24-26-18/h15-16H,1-10H2,(H,21,27)(H,22,28)(H,23,25)(H,24,26)/t15-,16-/m0/s1. The highest BCUT2D eigenvalue weighted by Gasteiger charge is 2.32. The Morgan fingerprint density at radius 1 is 0.714 bits per heavy atom. The molecule has 2 aromatic heterocycles. The number of nitrogens with one attached hydrogen (secondary N) is 4. The van der Waals surface area contributed by atoms with Crippen LogP contribution in [0.15, 0.2) is 0 Å². The number of aromatic amines is 2. The van der Waals surface area contributed by atoms with Crippen molar-refractivity contribution in [2.75, 3.05) is 0 Å². The van der Waals surface area contributed by atoms with Crippen LogP contribution in [0, 0.1) is 0 Å². The zero-order chi connectivity index (χ0) is 19.1. The van der Waals surface area contributed by atoms with Crippen molar-refractivity contribution in [3.05, 3.63) is 33.9 Å². The first kappa shape index (κ1) is 17.5. The predicted molar refractivity (Wildman–Crippen MR) is 102 cm³/mol. The Morgan fingerprint density at radius 2 is 1.18 bits per heavy atom. The number of aryl methyl sites for hydroxylation is 2. The summed E-state index contributed by atoms with van der Waals surface area (Å²) in [6.45, 7) is 0. The van der Waals surface area contributed by atoms with Crippen molar-refractivity contribution in [2.45, 2.75) is 76.3 Å². The lowest BCUT2D eigenvalue weighted by Gasteiger charge is -2.32. The fraction of sp³-hybridized carbons (Fsp3) is 0.600. The molecule has 0 saturated heterocycles. The van der Waals surface area contributed by atoms with Crippen LogP contribution in [-0.4, -0.2) is 44.3 Å². The second kappa shape index (κ2) is 7.07. The van der Waals surface area contributed by atoms with E-state index in [1.54, 1.807) is 0 Å². The molecule has 0 aliphatic heterocycles. The van der Waals surface area contributed by atoms with Crippen molar-refractivity contribution in [1.82, 2.24) is 31.0 Å². The Bertz CT molecular complexity index is 840. The van der Waals surface area contributed by atoms with Gasteiger partial charge in [-0.25, -0.2) is 0 Å². The second-order valence-electron chi connectivity index (χ2n) is 8.21. The van der Waals surface area contributed by atoms with Crippen molar-refractivity contribution < 1.29 is 9.59 Å². The van der Waals surface area contributed by atoms with Crippen LogP contribution in [0.5, 0.6) is 0 Å². The summed E-state index contributed by atoms with van der Waals surface area (Å²) >= 11 is 0. The molecule has 0 radical (unpaired) electrons. The number of fused-ring (bicyclic) bond motifs is 2. The molecule has 1 saturated carbocycles. The summed E-state index contributed by atoms with van der Waals surface area (Å²) in [7, 11) is 0. The van der Waals surface area contributed by atoms with Gasteiger partial charge in [0.2, 0.25) is 0 Å². The Labute approximate surface area is 163 Å². The molecule has 2 atom stereocenters. The summed E-state index contributed by atoms with van der Waals surface area (Å²) in [5.41, 5.74) is 5.33. The average molecular weight is 382 g/mol. The van der Waals surface area contributed by atoms with Gasteiger partial charge in [0.1, 0.15) is 0 Å². The maximum atomic E-state index is 12.8. The van der Waals surface area contributed by atoms with Gasteiger partial charge < -0.3 is 10.6 Å². The molecule has 3 aliphatic carbocycles. The number of carbonyl (C=O) groups is 2. The van der Waals surface area contributed by atoms with Gasteiger partial charge in [-0.1, -0.05) is 12.8 Å². The molecule has 2 amide bonds. The van der Waals surface area contributed by atoms with Crippen molar-refractivity contribution >= 4 is 11.8 Å². The first-order chi connectivity index (χ1) is 13.7. The van der Waals surface area contributed by atoms with E-state index in [0.29, 0.717) is 11.4 Å². The smallest absolute Gasteiger partial charge is 0.272 e. The molecule has 8 nitrogen and oxygen atoms in total. The number of hydrogen-bond acceptors (Lipinski definition) is 4. The van der Waals surface area contributed by atoms with Crippen molar-refractivity contribution in [2.24, 2.45) is 0 Å². The minimum atomic E-state index is -0.133. The Kier molecular flexibility index (Phi) is 4.41. The summed E-state index contributed by atoms with van der Waals surface area (Å²) < 4.78 is 0. The summed E-state index contributed by atoms with van der Waals surface area (Å²) in [6, 6.07) is -0.156. The fourth-order valence-electron chi connectivity index (χ4n) is 4.96. The fourth-order valence-corrected chi connectivity index (χ4v) is 4.96. The predicted octanol–water partition coefficient (Wildman–Crippen LogP) is 1.58. The van der Waals surface area contributed by atoms with Gasteiger partial charge in [-0.15, -0.1) is 0 Å². The number of aromatic nitrogens is 4. The molecule has 2 aromatic rings. The number of nitrogens with zero attached hydrogens (tertiary/aromatic N) is 2. The monoisotopic (exact) mass is 382 g/mol. The molecule has 0 unspecified atom stereocenters. The number of carbonyl (C=O) groups excluding carboxylic acids is 2. The Balaban J connectivity index is 1.28. The van der Waals surface area contributed by atoms with E-state index in [9.17, 15) is 9.59 Å². The van der Waals surface area contributed by atoms with Gasteiger partial charge in [0.25, 0.3) is 11.8 Å². The van der Waals surface area contributed by atoms with E-state index in [0.717, 1.165) is 86.7 Å². The van der Waals surface area contributed by atoms with Crippen molar-refractivity contribution in [3.63, 3.8) is 0 Å². The molecular weight excluding hydrogens is 356 g/mol. The third-order valence-electron chi connectivity index (χ3n) is 6.44. The zero-order valence-corrected chi connectivity index (χ0v) is 15.9. The summed E-state index contributed by atoms with van der Waals surface area (Å²) in [5.74, 6) is -0.266. The first-order valence-electron chi connectivity index (χ1n) is 10.4. The van der Waals surface area contributed by atoms with E-state index in [2.05, 4.69) is 31.0 Å². The van der Waals surface area contributed by atoms with Gasteiger partial charge in [-0.05, 0) is 51.4 Å². The quantitative estimate of drug-likeness (QED) is 0.642. The Morgan fingerprint density at radius 3 is 1.64 bits per heavy atom. The minimum Gasteiger partial charge on any atom is -0.346 e. The van der Waals surface area contributed by atoms with E-state index < -0.39 is 0 Å². The van der Waals surface area contributed by atoms with Crippen molar-refractivity contribution in [3.8, 4) is 0 Å². The van der Waals surface area contributed by atoms with Crippen LogP contribution in [0.3, 0.4) is 0 Å². The van der Waals surface area contributed by atoms with E-state index >= 15 is 0 Å².